The van der Waals surface area contributed by atoms with Crippen LogP contribution in [0.4, 0.5) is 5.69 Å². The van der Waals surface area contributed by atoms with Crippen molar-refractivity contribution in [1.29, 1.82) is 0 Å². The fourth-order valence-electron chi connectivity index (χ4n) is 3.15. The highest BCUT2D eigenvalue weighted by Gasteiger charge is 2.21. The molecule has 0 aliphatic rings. The largest absolute Gasteiger partial charge is 0.465 e. The second-order valence-electron chi connectivity index (χ2n) is 7.06. The molecule has 3 aromatic rings. The van der Waals surface area contributed by atoms with Crippen molar-refractivity contribution in [2.75, 3.05) is 12.4 Å². The number of esters is 2. The number of benzene rings is 3. The maximum absolute atomic E-state index is 12.9. The molecule has 0 saturated carbocycles. The monoisotopic (exact) mass is 403 g/mol. The Kier molecular flexibility index (Phi) is 7.22. The number of nitrogens with one attached hydrogen (secondary N) is 1. The number of carbonyl (C=O) groups excluding carboxylic acids is 2. The van der Waals surface area contributed by atoms with Crippen LogP contribution in [0.15, 0.2) is 78.9 Å². The Bertz CT molecular complexity index is 1000. The zero-order valence-corrected chi connectivity index (χ0v) is 17.1. The number of anilines is 1. The number of hydrogen-bond acceptors (Lipinski definition) is 5. The van der Waals surface area contributed by atoms with Gasteiger partial charge in [-0.2, -0.15) is 0 Å². The van der Waals surface area contributed by atoms with Crippen LogP contribution in [0.5, 0.6) is 0 Å². The van der Waals surface area contributed by atoms with E-state index in [0.717, 1.165) is 16.7 Å². The van der Waals surface area contributed by atoms with E-state index in [-0.39, 0.29) is 12.6 Å². The van der Waals surface area contributed by atoms with E-state index in [1.807, 2.05) is 61.5 Å². The zero-order chi connectivity index (χ0) is 21.3. The van der Waals surface area contributed by atoms with Crippen molar-refractivity contribution >= 4 is 17.6 Å². The molecule has 0 bridgehead atoms. The lowest BCUT2D eigenvalue weighted by Gasteiger charge is -2.19. The molecule has 0 radical (unpaired) electrons. The lowest BCUT2D eigenvalue weighted by atomic mass is 10.0. The summed E-state index contributed by atoms with van der Waals surface area (Å²) < 4.78 is 10.4. The van der Waals surface area contributed by atoms with Crippen LogP contribution in [0.25, 0.3) is 0 Å². The third-order valence-corrected chi connectivity index (χ3v) is 4.66. The van der Waals surface area contributed by atoms with Gasteiger partial charge < -0.3 is 14.8 Å². The number of hydrogen-bond donors (Lipinski definition) is 1. The van der Waals surface area contributed by atoms with Gasteiger partial charge in [0, 0.05) is 12.1 Å². The molecule has 5 heteroatoms. The summed E-state index contributed by atoms with van der Waals surface area (Å²) in [7, 11) is 1.34. The topological polar surface area (TPSA) is 64.6 Å². The Morgan fingerprint density at radius 3 is 2.37 bits per heavy atom. The van der Waals surface area contributed by atoms with E-state index in [1.165, 1.54) is 7.11 Å². The van der Waals surface area contributed by atoms with Crippen molar-refractivity contribution in [3.8, 4) is 0 Å². The van der Waals surface area contributed by atoms with E-state index in [0.29, 0.717) is 17.7 Å². The van der Waals surface area contributed by atoms with Crippen molar-refractivity contribution in [1.82, 2.24) is 0 Å². The van der Waals surface area contributed by atoms with E-state index in [9.17, 15) is 9.59 Å². The average molecular weight is 403 g/mol. The second-order valence-corrected chi connectivity index (χ2v) is 7.06. The van der Waals surface area contributed by atoms with Gasteiger partial charge in [0.05, 0.1) is 12.7 Å². The summed E-state index contributed by atoms with van der Waals surface area (Å²) in [6, 6.07) is 23.8. The zero-order valence-electron chi connectivity index (χ0n) is 17.1. The molecule has 0 heterocycles. The fraction of sp³-hybridized carbons (Fsp3) is 0.200. The molecule has 3 aromatic carbocycles. The molecule has 1 N–H and O–H groups in total. The number of aryl methyl sites for hydroxylation is 1. The minimum atomic E-state index is -0.608. The molecule has 0 aliphatic heterocycles. The number of carbonyl (C=O) groups is 2. The van der Waals surface area contributed by atoms with Gasteiger partial charge in [-0.25, -0.2) is 9.59 Å². The molecular formula is C25H25NO4. The molecule has 154 valence electrons. The number of ether oxygens (including phenoxy) is 2. The van der Waals surface area contributed by atoms with E-state index < -0.39 is 12.0 Å². The molecule has 0 saturated heterocycles. The third kappa shape index (κ3) is 5.95. The van der Waals surface area contributed by atoms with Gasteiger partial charge in [-0.05, 0) is 36.2 Å². The van der Waals surface area contributed by atoms with Crippen LogP contribution in [0.1, 0.15) is 27.0 Å². The summed E-state index contributed by atoms with van der Waals surface area (Å²) >= 11 is 0. The first-order valence-corrected chi connectivity index (χ1v) is 9.76. The summed E-state index contributed by atoms with van der Waals surface area (Å²) in [6.45, 7) is 2.22. The van der Waals surface area contributed by atoms with Gasteiger partial charge in [0.15, 0.2) is 0 Å². The maximum atomic E-state index is 12.9. The molecule has 30 heavy (non-hydrogen) atoms. The Balaban J connectivity index is 1.78. The molecule has 3 rings (SSSR count). The van der Waals surface area contributed by atoms with Gasteiger partial charge in [-0.3, -0.25) is 0 Å². The summed E-state index contributed by atoms with van der Waals surface area (Å²) in [4.78, 5) is 24.7. The summed E-state index contributed by atoms with van der Waals surface area (Å²) in [6.07, 6.45) is 0.456. The lowest BCUT2D eigenvalue weighted by molar-refractivity contribution is -0.145. The highest BCUT2D eigenvalue weighted by molar-refractivity contribution is 5.90. The van der Waals surface area contributed by atoms with Crippen LogP contribution in [-0.4, -0.2) is 25.1 Å². The van der Waals surface area contributed by atoms with Crippen LogP contribution < -0.4 is 5.32 Å². The van der Waals surface area contributed by atoms with Crippen molar-refractivity contribution < 1.29 is 19.1 Å². The number of methoxy groups -OCH3 is 1. The third-order valence-electron chi connectivity index (χ3n) is 4.66. The Morgan fingerprint density at radius 2 is 1.63 bits per heavy atom. The molecular weight excluding hydrogens is 378 g/mol. The van der Waals surface area contributed by atoms with Crippen LogP contribution in [0, 0.1) is 6.92 Å². The predicted molar refractivity (Wildman–Crippen MR) is 116 cm³/mol. The highest BCUT2D eigenvalue weighted by Crippen LogP contribution is 2.17. The highest BCUT2D eigenvalue weighted by atomic mass is 16.5. The molecule has 5 nitrogen and oxygen atoms in total. The van der Waals surface area contributed by atoms with Gasteiger partial charge in [0.2, 0.25) is 0 Å². The Hall–Kier alpha value is -3.60. The first-order valence-electron chi connectivity index (χ1n) is 9.76. The Labute approximate surface area is 176 Å². The van der Waals surface area contributed by atoms with Gasteiger partial charge in [-0.1, -0.05) is 66.2 Å². The summed E-state index contributed by atoms with van der Waals surface area (Å²) in [5.74, 6) is -0.788. The van der Waals surface area contributed by atoms with E-state index in [4.69, 9.17) is 9.47 Å². The summed E-state index contributed by atoms with van der Waals surface area (Å²) in [5.41, 5.74) is 4.12. The Morgan fingerprint density at radius 1 is 0.900 bits per heavy atom. The standard InChI is InChI=1S/C25H25NO4/c1-18-8-6-11-20(14-18)15-23(25(28)30-17-19-9-4-3-5-10-19)26-22-13-7-12-21(16-22)24(27)29-2/h3-14,16,23,26H,15,17H2,1-2H3. The normalized spacial score (nSPS) is 11.4. The maximum Gasteiger partial charge on any atom is 0.337 e. The lowest BCUT2D eigenvalue weighted by Crippen LogP contribution is -2.33. The molecule has 0 aromatic heterocycles. The molecule has 0 fully saturated rings. The van der Waals surface area contributed by atoms with Crippen molar-refractivity contribution in [3.63, 3.8) is 0 Å². The van der Waals surface area contributed by atoms with E-state index >= 15 is 0 Å². The van der Waals surface area contributed by atoms with E-state index in [2.05, 4.69) is 5.32 Å². The van der Waals surface area contributed by atoms with Gasteiger partial charge in [0.1, 0.15) is 12.6 Å². The van der Waals surface area contributed by atoms with Crippen molar-refractivity contribution in [2.24, 2.45) is 0 Å². The van der Waals surface area contributed by atoms with Gasteiger partial charge in [-0.15, -0.1) is 0 Å². The van der Waals surface area contributed by atoms with Crippen molar-refractivity contribution in [2.45, 2.75) is 26.0 Å². The SMILES string of the molecule is COC(=O)c1cccc(NC(Cc2cccc(C)c2)C(=O)OCc2ccccc2)c1. The van der Waals surface area contributed by atoms with Gasteiger partial charge >= 0.3 is 11.9 Å². The molecule has 0 aliphatic carbocycles. The predicted octanol–water partition coefficient (Wildman–Crippen LogP) is 4.55. The quantitative estimate of drug-likeness (QED) is 0.559. The van der Waals surface area contributed by atoms with E-state index in [1.54, 1.807) is 24.3 Å². The van der Waals surface area contributed by atoms with Crippen LogP contribution >= 0.6 is 0 Å². The number of rotatable bonds is 8. The minimum absolute atomic E-state index is 0.202. The minimum Gasteiger partial charge on any atom is -0.465 e. The van der Waals surface area contributed by atoms with Gasteiger partial charge in [0.25, 0.3) is 0 Å². The average Bonchev–Trinajstić information content (AvgIpc) is 2.77. The molecule has 1 atom stereocenters. The smallest absolute Gasteiger partial charge is 0.337 e. The first kappa shape index (κ1) is 21.1. The van der Waals surface area contributed by atoms with Crippen molar-refractivity contribution in [3.05, 3.63) is 101 Å². The van der Waals surface area contributed by atoms with Crippen LogP contribution in [0.2, 0.25) is 0 Å². The van der Waals surface area contributed by atoms with Crippen LogP contribution in [0.3, 0.4) is 0 Å². The summed E-state index contributed by atoms with van der Waals surface area (Å²) in [5, 5.41) is 3.22. The molecule has 0 amide bonds. The van der Waals surface area contributed by atoms with Crippen LogP contribution in [-0.2, 0) is 27.3 Å². The molecule has 0 spiro atoms. The first-order chi connectivity index (χ1) is 14.5. The fourth-order valence-corrected chi connectivity index (χ4v) is 3.15. The molecule has 1 unspecified atom stereocenters. The second kappa shape index (κ2) is 10.3.